The molecule has 4 aromatic rings. The van der Waals surface area contributed by atoms with E-state index in [0.29, 0.717) is 23.2 Å². The highest BCUT2D eigenvalue weighted by molar-refractivity contribution is 5.99. The first-order valence-corrected chi connectivity index (χ1v) is 9.54. The first kappa shape index (κ1) is 21.2. The molecule has 0 fully saturated rings. The van der Waals surface area contributed by atoms with E-state index in [1.165, 1.54) is 12.1 Å². The summed E-state index contributed by atoms with van der Waals surface area (Å²) in [5.74, 6) is 0.278. The number of hydrogen-bond donors (Lipinski definition) is 3. The highest BCUT2D eigenvalue weighted by atomic mass is 19.4. The van der Waals surface area contributed by atoms with Crippen LogP contribution in [0, 0.1) is 6.92 Å². The molecule has 2 heterocycles. The molecule has 0 saturated heterocycles. The molecular formula is C22H18F3N5O2. The number of nitrogen functional groups attached to an aromatic ring is 1. The summed E-state index contributed by atoms with van der Waals surface area (Å²) in [6.07, 6.45) is -3.87. The molecule has 10 heteroatoms. The van der Waals surface area contributed by atoms with Crippen molar-refractivity contribution < 1.29 is 22.5 Å². The maximum atomic E-state index is 12.6. The number of rotatable bonds is 4. The topological polar surface area (TPSA) is 106 Å². The molecule has 4 N–H and O–H groups in total. The van der Waals surface area contributed by atoms with E-state index < -0.39 is 17.8 Å². The van der Waals surface area contributed by atoms with Gasteiger partial charge in [-0.05, 0) is 66.9 Å². The predicted octanol–water partition coefficient (Wildman–Crippen LogP) is 5.37. The summed E-state index contributed by atoms with van der Waals surface area (Å²) < 4.78 is 43.0. The van der Waals surface area contributed by atoms with Crippen molar-refractivity contribution in [3.8, 4) is 0 Å². The molecule has 0 bridgehead atoms. The third-order valence-corrected chi connectivity index (χ3v) is 4.76. The van der Waals surface area contributed by atoms with Gasteiger partial charge in [-0.2, -0.15) is 13.2 Å². The molecule has 0 atom stereocenters. The molecule has 2 amide bonds. The highest BCUT2D eigenvalue weighted by Gasteiger charge is 2.30. The fourth-order valence-corrected chi connectivity index (χ4v) is 3.29. The number of aromatic nitrogens is 2. The minimum absolute atomic E-state index is 0.246. The van der Waals surface area contributed by atoms with Crippen molar-refractivity contribution in [2.45, 2.75) is 19.5 Å². The van der Waals surface area contributed by atoms with Crippen LogP contribution in [0.1, 0.15) is 22.4 Å². The number of fused-ring (bicyclic) bond motifs is 1. The number of nitrogens with two attached hydrogens (primary N) is 1. The number of urea groups is 1. The maximum absolute atomic E-state index is 12.6. The molecule has 0 radical (unpaired) electrons. The van der Waals surface area contributed by atoms with Crippen LogP contribution in [-0.4, -0.2) is 16.2 Å². The standard InChI is InChI=1S/C22H18F3N5O2/c1-12-10-14(18-19(26)30-32-20(18)27-12)11-13-2-6-16(7-3-13)28-21(31)29-17-8-4-15(5-9-17)22(23,24)25/h2-10H,11H2,1H3,(H2,26,30)(H2,28,29,31). The van der Waals surface area contributed by atoms with Gasteiger partial charge in [0.2, 0.25) is 0 Å². The number of anilines is 3. The zero-order chi connectivity index (χ0) is 22.9. The van der Waals surface area contributed by atoms with Crippen LogP contribution in [0.25, 0.3) is 11.1 Å². The maximum Gasteiger partial charge on any atom is 0.416 e. The Bertz CT molecular complexity index is 1270. The van der Waals surface area contributed by atoms with Gasteiger partial charge >= 0.3 is 12.2 Å². The summed E-state index contributed by atoms with van der Waals surface area (Å²) in [4.78, 5) is 16.4. The Morgan fingerprint density at radius 2 is 1.62 bits per heavy atom. The Hall–Kier alpha value is -4.08. The van der Waals surface area contributed by atoms with Gasteiger partial charge in [-0.25, -0.2) is 9.78 Å². The summed E-state index contributed by atoms with van der Waals surface area (Å²) in [6, 6.07) is 12.7. The molecule has 164 valence electrons. The van der Waals surface area contributed by atoms with Crippen molar-refractivity contribution in [2.75, 3.05) is 16.4 Å². The van der Waals surface area contributed by atoms with Gasteiger partial charge in [-0.15, -0.1) is 0 Å². The number of halogens is 3. The number of nitrogens with one attached hydrogen (secondary N) is 2. The third kappa shape index (κ3) is 4.64. The fraction of sp³-hybridized carbons (Fsp3) is 0.136. The molecule has 7 nitrogen and oxygen atoms in total. The number of carbonyl (C=O) groups is 1. The molecule has 0 aliphatic heterocycles. The molecule has 0 unspecified atom stereocenters. The van der Waals surface area contributed by atoms with E-state index >= 15 is 0 Å². The third-order valence-electron chi connectivity index (χ3n) is 4.76. The zero-order valence-corrected chi connectivity index (χ0v) is 16.8. The van der Waals surface area contributed by atoms with Crippen LogP contribution in [0.4, 0.5) is 35.2 Å². The van der Waals surface area contributed by atoms with Gasteiger partial charge in [0.05, 0.1) is 10.9 Å². The van der Waals surface area contributed by atoms with Crippen LogP contribution in [0.3, 0.4) is 0 Å². The second-order valence-corrected chi connectivity index (χ2v) is 7.20. The van der Waals surface area contributed by atoms with Crippen LogP contribution in [0.15, 0.2) is 59.1 Å². The molecule has 0 saturated carbocycles. The summed E-state index contributed by atoms with van der Waals surface area (Å²) in [7, 11) is 0. The Balaban J connectivity index is 1.41. The van der Waals surface area contributed by atoms with E-state index in [1.54, 1.807) is 12.1 Å². The van der Waals surface area contributed by atoms with Crippen molar-refractivity contribution in [1.29, 1.82) is 0 Å². The Morgan fingerprint density at radius 3 is 2.22 bits per heavy atom. The van der Waals surface area contributed by atoms with Gasteiger partial charge < -0.3 is 20.9 Å². The van der Waals surface area contributed by atoms with Gasteiger partial charge in [0.25, 0.3) is 5.71 Å². The number of amides is 2. The summed E-state index contributed by atoms with van der Waals surface area (Å²) in [5, 5.41) is 9.58. The average molecular weight is 441 g/mol. The van der Waals surface area contributed by atoms with Crippen LogP contribution < -0.4 is 16.4 Å². The second-order valence-electron chi connectivity index (χ2n) is 7.20. The number of benzene rings is 2. The molecule has 32 heavy (non-hydrogen) atoms. The summed E-state index contributed by atoms with van der Waals surface area (Å²) in [5.41, 5.74) is 8.94. The van der Waals surface area contributed by atoms with Gasteiger partial charge in [-0.1, -0.05) is 17.3 Å². The minimum atomic E-state index is -4.43. The molecule has 0 aliphatic rings. The monoisotopic (exact) mass is 441 g/mol. The predicted molar refractivity (Wildman–Crippen MR) is 114 cm³/mol. The molecular weight excluding hydrogens is 423 g/mol. The van der Waals surface area contributed by atoms with E-state index in [-0.39, 0.29) is 11.5 Å². The van der Waals surface area contributed by atoms with E-state index in [9.17, 15) is 18.0 Å². The first-order valence-electron chi connectivity index (χ1n) is 9.54. The van der Waals surface area contributed by atoms with E-state index in [2.05, 4.69) is 20.8 Å². The largest absolute Gasteiger partial charge is 0.416 e. The van der Waals surface area contributed by atoms with Crippen molar-refractivity contribution in [1.82, 2.24) is 10.1 Å². The van der Waals surface area contributed by atoms with Crippen LogP contribution in [0.2, 0.25) is 0 Å². The lowest BCUT2D eigenvalue weighted by atomic mass is 10.0. The molecule has 2 aromatic carbocycles. The highest BCUT2D eigenvalue weighted by Crippen LogP contribution is 2.30. The summed E-state index contributed by atoms with van der Waals surface area (Å²) in [6.45, 7) is 1.85. The average Bonchev–Trinajstić information content (AvgIpc) is 3.09. The van der Waals surface area contributed by atoms with E-state index in [0.717, 1.165) is 29.0 Å². The fourth-order valence-electron chi connectivity index (χ4n) is 3.29. The lowest BCUT2D eigenvalue weighted by Crippen LogP contribution is -2.19. The minimum Gasteiger partial charge on any atom is -0.380 e. The number of hydrogen-bond acceptors (Lipinski definition) is 5. The molecule has 2 aromatic heterocycles. The second kappa shape index (κ2) is 8.22. The van der Waals surface area contributed by atoms with E-state index in [1.807, 2.05) is 25.1 Å². The van der Waals surface area contributed by atoms with Crippen LogP contribution in [0.5, 0.6) is 0 Å². The van der Waals surface area contributed by atoms with Crippen molar-refractivity contribution in [2.24, 2.45) is 0 Å². The lowest BCUT2D eigenvalue weighted by molar-refractivity contribution is -0.137. The van der Waals surface area contributed by atoms with E-state index in [4.69, 9.17) is 10.3 Å². The van der Waals surface area contributed by atoms with Crippen LogP contribution in [-0.2, 0) is 12.6 Å². The normalized spacial score (nSPS) is 11.5. The Kier molecular flexibility index (Phi) is 5.43. The first-order chi connectivity index (χ1) is 15.2. The number of nitrogens with zero attached hydrogens (tertiary/aromatic N) is 2. The quantitative estimate of drug-likeness (QED) is 0.395. The number of aryl methyl sites for hydroxylation is 1. The number of pyridine rings is 1. The van der Waals surface area contributed by atoms with Gasteiger partial charge in [0.1, 0.15) is 0 Å². The van der Waals surface area contributed by atoms with Crippen molar-refractivity contribution in [3.63, 3.8) is 0 Å². The summed E-state index contributed by atoms with van der Waals surface area (Å²) >= 11 is 0. The Labute approximate surface area is 180 Å². The van der Waals surface area contributed by atoms with Crippen LogP contribution >= 0.6 is 0 Å². The lowest BCUT2D eigenvalue weighted by Gasteiger charge is -2.10. The van der Waals surface area contributed by atoms with Gasteiger partial charge in [-0.3, -0.25) is 0 Å². The smallest absolute Gasteiger partial charge is 0.380 e. The van der Waals surface area contributed by atoms with Crippen molar-refractivity contribution in [3.05, 3.63) is 77.0 Å². The number of carbonyl (C=O) groups excluding carboxylic acids is 1. The Morgan fingerprint density at radius 1 is 1.03 bits per heavy atom. The zero-order valence-electron chi connectivity index (χ0n) is 16.8. The SMILES string of the molecule is Cc1cc(Cc2ccc(NC(=O)Nc3ccc(C(F)(F)F)cc3)cc2)c2c(N)noc2n1. The number of alkyl halides is 3. The van der Waals surface area contributed by atoms with Gasteiger partial charge in [0, 0.05) is 17.1 Å². The molecule has 0 aliphatic carbocycles. The van der Waals surface area contributed by atoms with Gasteiger partial charge in [0.15, 0.2) is 5.82 Å². The van der Waals surface area contributed by atoms with Crippen molar-refractivity contribution >= 4 is 34.3 Å². The molecule has 0 spiro atoms. The molecule has 4 rings (SSSR count).